The number of likely N-dealkylation sites (tertiary alicyclic amines) is 2. The van der Waals surface area contributed by atoms with Gasteiger partial charge in [-0.2, -0.15) is 0 Å². The van der Waals surface area contributed by atoms with Crippen LogP contribution >= 0.6 is 0 Å². The molecule has 2 heterocycles. The average Bonchev–Trinajstić information content (AvgIpc) is 3.85. The van der Waals surface area contributed by atoms with Gasteiger partial charge >= 0.3 is 0 Å². The van der Waals surface area contributed by atoms with Crippen molar-refractivity contribution in [3.63, 3.8) is 0 Å². The van der Waals surface area contributed by atoms with E-state index in [0.29, 0.717) is 31.5 Å². The second-order valence-electron chi connectivity index (χ2n) is 19.1. The fraction of sp³-hybridized carbons (Fsp3) is 0.837. The molecule has 55 heavy (non-hydrogen) atoms. The highest BCUT2D eigenvalue weighted by Gasteiger charge is 2.85. The molecule has 6 aliphatic rings. The SMILES string of the molecule is C=C(NC(C(=O)N1C[C@]2(CC1C(=O)N[C@@H](CCC)C(=O)C(=O)NC1CC1)C(C)(C)C21CCC1)C(C)(C)C)[C@@H](NC=O)C1CCCCC1.CCN1CCC[C@H]1F. The smallest absolute Gasteiger partial charge is 0.289 e. The van der Waals surface area contributed by atoms with E-state index in [1.807, 2.05) is 39.5 Å². The molecule has 0 aromatic rings. The number of carbonyl (C=O) groups is 5. The lowest BCUT2D eigenvalue weighted by atomic mass is 9.73. The van der Waals surface area contributed by atoms with Crippen molar-refractivity contribution < 1.29 is 28.4 Å². The number of halogens is 1. The zero-order valence-corrected chi connectivity index (χ0v) is 34.9. The molecule has 6 fully saturated rings. The molecule has 2 unspecified atom stereocenters. The number of amides is 4. The molecule has 6 rings (SSSR count). The minimum Gasteiger partial charge on any atom is -0.375 e. The Labute approximate surface area is 329 Å². The van der Waals surface area contributed by atoms with Crippen LogP contribution in [0.5, 0.6) is 0 Å². The van der Waals surface area contributed by atoms with Gasteiger partial charge in [0, 0.05) is 30.2 Å². The molecule has 4 amide bonds. The normalized spacial score (nSPS) is 28.5. The van der Waals surface area contributed by atoms with Gasteiger partial charge in [0.05, 0.1) is 12.1 Å². The number of hydrogen-bond donors (Lipinski definition) is 4. The Kier molecular flexibility index (Phi) is 13.5. The van der Waals surface area contributed by atoms with Gasteiger partial charge in [0.15, 0.2) is 6.30 Å². The van der Waals surface area contributed by atoms with Crippen LogP contribution < -0.4 is 21.3 Å². The number of carbonyl (C=O) groups excluding carboxylic acids is 5. The summed E-state index contributed by atoms with van der Waals surface area (Å²) in [5.41, 5.74) is -0.0334. The monoisotopic (exact) mass is 771 g/mol. The third-order valence-corrected chi connectivity index (χ3v) is 14.6. The third kappa shape index (κ3) is 8.64. The number of ketones is 1. The van der Waals surface area contributed by atoms with Crippen molar-refractivity contribution in [2.24, 2.45) is 27.6 Å². The highest BCUT2D eigenvalue weighted by atomic mass is 19.1. The summed E-state index contributed by atoms with van der Waals surface area (Å²) in [6, 6.07) is -2.65. The van der Waals surface area contributed by atoms with Gasteiger partial charge in [-0.05, 0) is 92.9 Å². The van der Waals surface area contributed by atoms with Crippen molar-refractivity contribution in [2.45, 2.75) is 181 Å². The molecule has 2 saturated heterocycles. The first-order valence-corrected chi connectivity index (χ1v) is 21.5. The minimum absolute atomic E-state index is 0.0250. The molecular formula is C43H71FN6O5. The van der Waals surface area contributed by atoms with E-state index in [-0.39, 0.29) is 46.1 Å². The highest BCUT2D eigenvalue weighted by molar-refractivity contribution is 6.38. The zero-order valence-electron chi connectivity index (χ0n) is 34.9. The van der Waals surface area contributed by atoms with Crippen LogP contribution in [0.2, 0.25) is 0 Å². The summed E-state index contributed by atoms with van der Waals surface area (Å²) in [6.45, 7) is 21.1. The second kappa shape index (κ2) is 17.2. The molecule has 4 N–H and O–H groups in total. The molecule has 4 saturated carbocycles. The van der Waals surface area contributed by atoms with Crippen molar-refractivity contribution in [3.8, 4) is 0 Å². The van der Waals surface area contributed by atoms with E-state index in [1.165, 1.54) is 6.42 Å². The van der Waals surface area contributed by atoms with E-state index in [9.17, 15) is 28.4 Å². The van der Waals surface area contributed by atoms with E-state index < -0.39 is 41.5 Å². The van der Waals surface area contributed by atoms with Gasteiger partial charge in [0.2, 0.25) is 24.0 Å². The number of Topliss-reactive ketones (excluding diaryl/α,β-unsaturated/α-hetero) is 1. The van der Waals surface area contributed by atoms with Crippen LogP contribution in [0.1, 0.15) is 145 Å². The van der Waals surface area contributed by atoms with Crippen LogP contribution in [-0.4, -0.2) is 95.9 Å². The maximum absolute atomic E-state index is 14.8. The van der Waals surface area contributed by atoms with Gasteiger partial charge in [-0.1, -0.05) is 87.1 Å². The fourth-order valence-electron chi connectivity index (χ4n) is 10.8. The van der Waals surface area contributed by atoms with Crippen LogP contribution in [0.15, 0.2) is 12.3 Å². The summed E-state index contributed by atoms with van der Waals surface area (Å²) in [4.78, 5) is 70.3. The first-order valence-electron chi connectivity index (χ1n) is 21.5. The van der Waals surface area contributed by atoms with E-state index >= 15 is 0 Å². The maximum Gasteiger partial charge on any atom is 0.289 e. The summed E-state index contributed by atoms with van der Waals surface area (Å²) in [5.74, 6) is -1.57. The zero-order chi connectivity index (χ0) is 40.3. The van der Waals surface area contributed by atoms with Crippen LogP contribution in [0.25, 0.3) is 0 Å². The molecule has 0 bridgehead atoms. The molecule has 2 spiro atoms. The molecule has 11 nitrogen and oxygen atoms in total. The lowest BCUT2D eigenvalue weighted by Gasteiger charge is -2.39. The number of alkyl halides is 1. The predicted octanol–water partition coefficient (Wildman–Crippen LogP) is 5.53. The number of fused-ring (bicyclic) bond motifs is 1. The first kappa shape index (κ1) is 43.1. The van der Waals surface area contributed by atoms with Gasteiger partial charge in [-0.3, -0.25) is 28.9 Å². The maximum atomic E-state index is 14.8. The number of rotatable bonds is 15. The van der Waals surface area contributed by atoms with Crippen LogP contribution in [-0.2, 0) is 24.0 Å². The van der Waals surface area contributed by atoms with Crippen molar-refractivity contribution in [1.29, 1.82) is 0 Å². The third-order valence-electron chi connectivity index (χ3n) is 14.6. The number of nitrogens with zero attached hydrogens (tertiary/aromatic N) is 2. The number of hydrogen-bond acceptors (Lipinski definition) is 7. The fourth-order valence-corrected chi connectivity index (χ4v) is 10.8. The van der Waals surface area contributed by atoms with Gasteiger partial charge in [0.1, 0.15) is 12.1 Å². The minimum atomic E-state index is -0.938. The summed E-state index contributed by atoms with van der Waals surface area (Å²) < 4.78 is 12.5. The first-order chi connectivity index (χ1) is 26.0. The molecule has 0 aromatic carbocycles. The Morgan fingerprint density at radius 3 is 2.07 bits per heavy atom. The van der Waals surface area contributed by atoms with Crippen LogP contribution in [0, 0.1) is 27.6 Å². The molecule has 6 atom stereocenters. The molecule has 2 aliphatic heterocycles. The van der Waals surface area contributed by atoms with Crippen molar-refractivity contribution >= 4 is 29.9 Å². The lowest BCUT2D eigenvalue weighted by Crippen LogP contribution is -2.59. The molecular weight excluding hydrogens is 700 g/mol. The molecule has 12 heteroatoms. The largest absolute Gasteiger partial charge is 0.375 e. The van der Waals surface area contributed by atoms with Crippen LogP contribution in [0.3, 0.4) is 0 Å². The van der Waals surface area contributed by atoms with Gasteiger partial charge in [-0.15, -0.1) is 0 Å². The summed E-state index contributed by atoms with van der Waals surface area (Å²) in [7, 11) is 0. The lowest BCUT2D eigenvalue weighted by molar-refractivity contribution is -0.144. The Hall–Kier alpha value is -3.02. The van der Waals surface area contributed by atoms with E-state index in [2.05, 4.69) is 41.7 Å². The van der Waals surface area contributed by atoms with E-state index in [4.69, 9.17) is 0 Å². The molecule has 0 aromatic heterocycles. The average molecular weight is 771 g/mol. The Bertz CT molecular complexity index is 1430. The van der Waals surface area contributed by atoms with Gasteiger partial charge in [0.25, 0.3) is 5.91 Å². The Balaban J connectivity index is 0.000000644. The van der Waals surface area contributed by atoms with Gasteiger partial charge < -0.3 is 26.2 Å². The molecule has 4 aliphatic carbocycles. The van der Waals surface area contributed by atoms with E-state index in [1.54, 1.807) is 4.90 Å². The standard InChI is InChI=1S/C37H59N5O5.C6H12FN/c1-8-13-26(29(44)32(46)40-25-16-17-25)41-31(45)27-20-37(35(6,7)36(37)18-12-19-36)21-42(27)33(47)30(34(3,4)5)39-23(2)28(38-22-43)24-14-10-9-11-15-24;1-2-8-5-3-4-6(8)7/h22,24-28,30,39H,2,8-21H2,1,3-7H3,(H,38,43)(H,40,46)(H,41,45);6H,2-5H2,1H3/t26-,27?,28+,30?,37+;6-/m00/s1. The second-order valence-corrected chi connectivity index (χ2v) is 19.1. The Morgan fingerprint density at radius 2 is 1.60 bits per heavy atom. The predicted molar refractivity (Wildman–Crippen MR) is 212 cm³/mol. The molecule has 310 valence electrons. The van der Waals surface area contributed by atoms with Crippen molar-refractivity contribution in [2.75, 3.05) is 19.6 Å². The molecule has 0 radical (unpaired) electrons. The van der Waals surface area contributed by atoms with E-state index in [0.717, 1.165) is 90.1 Å². The summed E-state index contributed by atoms with van der Waals surface area (Å²) in [6.07, 6.45) is 13.8. The van der Waals surface area contributed by atoms with Gasteiger partial charge in [-0.25, -0.2) is 4.39 Å². The van der Waals surface area contributed by atoms with Crippen molar-refractivity contribution in [1.82, 2.24) is 31.1 Å². The van der Waals surface area contributed by atoms with Crippen molar-refractivity contribution in [3.05, 3.63) is 12.3 Å². The topological polar surface area (TPSA) is 140 Å². The summed E-state index contributed by atoms with van der Waals surface area (Å²) >= 11 is 0. The Morgan fingerprint density at radius 1 is 0.927 bits per heavy atom. The summed E-state index contributed by atoms with van der Waals surface area (Å²) in [5, 5.41) is 12.1. The number of nitrogens with one attached hydrogen (secondary N) is 4. The highest BCUT2D eigenvalue weighted by Crippen LogP contribution is 2.88. The van der Waals surface area contributed by atoms with Crippen LogP contribution in [0.4, 0.5) is 4.39 Å². The quantitative estimate of drug-likeness (QED) is 0.0977.